The quantitative estimate of drug-likeness (QED) is 0.690. The van der Waals surface area contributed by atoms with Crippen molar-refractivity contribution in [3.63, 3.8) is 0 Å². The predicted molar refractivity (Wildman–Crippen MR) is 74.0 cm³/mol. The number of ether oxygens (including phenoxy) is 1. The van der Waals surface area contributed by atoms with Crippen molar-refractivity contribution in [2.75, 3.05) is 32.8 Å². The molecule has 2 aliphatic rings. The highest BCUT2D eigenvalue weighted by Gasteiger charge is 2.21. The van der Waals surface area contributed by atoms with E-state index in [2.05, 4.69) is 10.6 Å². The lowest BCUT2D eigenvalue weighted by Gasteiger charge is -2.21. The SMILES string of the molecule is Cl.O=C(NCCCOCC1CC1)C1CCNCC1. The number of rotatable bonds is 7. The summed E-state index contributed by atoms with van der Waals surface area (Å²) in [6.07, 6.45) is 5.57. The van der Waals surface area contributed by atoms with Gasteiger partial charge >= 0.3 is 0 Å². The maximum Gasteiger partial charge on any atom is 0.223 e. The van der Waals surface area contributed by atoms with Gasteiger partial charge in [0.1, 0.15) is 0 Å². The van der Waals surface area contributed by atoms with Gasteiger partial charge < -0.3 is 15.4 Å². The molecule has 0 radical (unpaired) electrons. The van der Waals surface area contributed by atoms with Gasteiger partial charge in [0, 0.05) is 25.7 Å². The van der Waals surface area contributed by atoms with Crippen molar-refractivity contribution in [1.29, 1.82) is 0 Å². The number of piperidine rings is 1. The molecule has 2 rings (SSSR count). The molecule has 1 aliphatic heterocycles. The topological polar surface area (TPSA) is 50.4 Å². The van der Waals surface area contributed by atoms with Crippen molar-refractivity contribution >= 4 is 18.3 Å². The number of carbonyl (C=O) groups is 1. The van der Waals surface area contributed by atoms with Crippen molar-refractivity contribution in [3.05, 3.63) is 0 Å². The minimum atomic E-state index is 0. The molecule has 1 amide bonds. The van der Waals surface area contributed by atoms with E-state index in [4.69, 9.17) is 4.74 Å². The zero-order valence-electron chi connectivity index (χ0n) is 11.0. The van der Waals surface area contributed by atoms with E-state index < -0.39 is 0 Å². The molecule has 2 fully saturated rings. The standard InChI is InChI=1S/C13H24N2O2.ClH/c16-13(12-4-7-14-8-5-12)15-6-1-9-17-10-11-2-3-11;/h11-12,14H,1-10H2,(H,15,16);1H. The summed E-state index contributed by atoms with van der Waals surface area (Å²) in [6, 6.07) is 0. The fraction of sp³-hybridized carbons (Fsp3) is 0.923. The predicted octanol–water partition coefficient (Wildman–Crippen LogP) is 1.34. The monoisotopic (exact) mass is 276 g/mol. The van der Waals surface area contributed by atoms with Crippen LogP contribution in [-0.4, -0.2) is 38.8 Å². The van der Waals surface area contributed by atoms with Crippen LogP contribution in [0.2, 0.25) is 0 Å². The van der Waals surface area contributed by atoms with Gasteiger partial charge in [0.15, 0.2) is 0 Å². The molecule has 0 aromatic heterocycles. The lowest BCUT2D eigenvalue weighted by atomic mass is 9.97. The second-order valence-electron chi connectivity index (χ2n) is 5.19. The van der Waals surface area contributed by atoms with Gasteiger partial charge in [-0.05, 0) is 51.1 Å². The Labute approximate surface area is 116 Å². The molecule has 0 bridgehead atoms. The summed E-state index contributed by atoms with van der Waals surface area (Å²) in [5.74, 6) is 1.29. The molecule has 1 heterocycles. The Morgan fingerprint density at radius 1 is 1.22 bits per heavy atom. The van der Waals surface area contributed by atoms with E-state index in [9.17, 15) is 4.79 Å². The highest BCUT2D eigenvalue weighted by molar-refractivity contribution is 5.85. The van der Waals surface area contributed by atoms with Crippen LogP contribution in [0.5, 0.6) is 0 Å². The zero-order valence-corrected chi connectivity index (χ0v) is 11.8. The molecule has 1 saturated carbocycles. The fourth-order valence-electron chi connectivity index (χ4n) is 2.15. The van der Waals surface area contributed by atoms with Gasteiger partial charge in [-0.1, -0.05) is 0 Å². The average molecular weight is 277 g/mol. The summed E-state index contributed by atoms with van der Waals surface area (Å²) in [7, 11) is 0. The summed E-state index contributed by atoms with van der Waals surface area (Å²) in [4.78, 5) is 11.8. The van der Waals surface area contributed by atoms with Crippen LogP contribution in [-0.2, 0) is 9.53 Å². The minimum Gasteiger partial charge on any atom is -0.381 e. The summed E-state index contributed by atoms with van der Waals surface area (Å²) in [5, 5.41) is 6.28. The first-order chi connectivity index (χ1) is 8.36. The third kappa shape index (κ3) is 6.03. The molecule has 1 saturated heterocycles. The molecule has 0 spiro atoms. The first-order valence-electron chi connectivity index (χ1n) is 6.92. The Morgan fingerprint density at radius 2 is 1.94 bits per heavy atom. The van der Waals surface area contributed by atoms with Gasteiger partial charge in [0.2, 0.25) is 5.91 Å². The van der Waals surface area contributed by atoms with E-state index in [1.807, 2.05) is 0 Å². The van der Waals surface area contributed by atoms with E-state index in [-0.39, 0.29) is 24.2 Å². The van der Waals surface area contributed by atoms with Gasteiger partial charge in [-0.2, -0.15) is 0 Å². The molecular formula is C13H25ClN2O2. The zero-order chi connectivity index (χ0) is 11.9. The molecular weight excluding hydrogens is 252 g/mol. The van der Waals surface area contributed by atoms with Crippen molar-refractivity contribution < 1.29 is 9.53 Å². The first-order valence-corrected chi connectivity index (χ1v) is 6.92. The molecule has 1 aliphatic carbocycles. The minimum absolute atomic E-state index is 0. The van der Waals surface area contributed by atoms with Gasteiger partial charge in [-0.25, -0.2) is 0 Å². The van der Waals surface area contributed by atoms with Crippen LogP contribution in [0.3, 0.4) is 0 Å². The largest absolute Gasteiger partial charge is 0.381 e. The van der Waals surface area contributed by atoms with E-state index in [1.54, 1.807) is 0 Å². The molecule has 0 unspecified atom stereocenters. The van der Waals surface area contributed by atoms with Gasteiger partial charge in [0.05, 0.1) is 0 Å². The first kappa shape index (κ1) is 15.7. The molecule has 0 atom stereocenters. The lowest BCUT2D eigenvalue weighted by molar-refractivity contribution is -0.125. The Morgan fingerprint density at radius 3 is 2.61 bits per heavy atom. The highest BCUT2D eigenvalue weighted by Crippen LogP contribution is 2.28. The van der Waals surface area contributed by atoms with Gasteiger partial charge in [-0.15, -0.1) is 12.4 Å². The van der Waals surface area contributed by atoms with Crippen molar-refractivity contribution in [1.82, 2.24) is 10.6 Å². The highest BCUT2D eigenvalue weighted by atomic mass is 35.5. The molecule has 2 N–H and O–H groups in total. The van der Waals surface area contributed by atoms with E-state index >= 15 is 0 Å². The number of halogens is 1. The maximum absolute atomic E-state index is 11.8. The summed E-state index contributed by atoms with van der Waals surface area (Å²) in [6.45, 7) is 4.41. The number of carbonyl (C=O) groups excluding carboxylic acids is 1. The van der Waals surface area contributed by atoms with Crippen LogP contribution in [0.25, 0.3) is 0 Å². The number of hydrogen-bond donors (Lipinski definition) is 2. The Hall–Kier alpha value is -0.320. The van der Waals surface area contributed by atoms with Crippen molar-refractivity contribution in [2.45, 2.75) is 32.1 Å². The molecule has 18 heavy (non-hydrogen) atoms. The van der Waals surface area contributed by atoms with Crippen LogP contribution in [0, 0.1) is 11.8 Å². The Bertz CT molecular complexity index is 241. The van der Waals surface area contributed by atoms with Crippen molar-refractivity contribution in [2.24, 2.45) is 11.8 Å². The number of nitrogens with one attached hydrogen (secondary N) is 2. The third-order valence-electron chi connectivity index (χ3n) is 3.53. The average Bonchev–Trinajstić information content (AvgIpc) is 3.18. The summed E-state index contributed by atoms with van der Waals surface area (Å²) < 4.78 is 5.52. The molecule has 106 valence electrons. The molecule has 5 heteroatoms. The molecule has 0 aromatic carbocycles. The summed E-state index contributed by atoms with van der Waals surface area (Å²) >= 11 is 0. The second-order valence-corrected chi connectivity index (χ2v) is 5.19. The summed E-state index contributed by atoms with van der Waals surface area (Å²) in [5.41, 5.74) is 0. The Balaban J connectivity index is 0.00000162. The van der Waals surface area contributed by atoms with Crippen LogP contribution >= 0.6 is 12.4 Å². The normalized spacial score (nSPS) is 20.2. The smallest absolute Gasteiger partial charge is 0.223 e. The second kappa shape index (κ2) is 8.73. The number of amides is 1. The molecule has 0 aromatic rings. The number of hydrogen-bond acceptors (Lipinski definition) is 3. The Kier molecular flexibility index (Phi) is 7.63. The van der Waals surface area contributed by atoms with Crippen LogP contribution in [0.1, 0.15) is 32.1 Å². The van der Waals surface area contributed by atoms with Crippen LogP contribution in [0.4, 0.5) is 0 Å². The van der Waals surface area contributed by atoms with Gasteiger partial charge in [0.25, 0.3) is 0 Å². The van der Waals surface area contributed by atoms with Crippen LogP contribution < -0.4 is 10.6 Å². The van der Waals surface area contributed by atoms with Crippen LogP contribution in [0.15, 0.2) is 0 Å². The van der Waals surface area contributed by atoms with E-state index in [0.717, 1.165) is 58.0 Å². The molecule has 4 nitrogen and oxygen atoms in total. The lowest BCUT2D eigenvalue weighted by Crippen LogP contribution is -2.38. The third-order valence-corrected chi connectivity index (χ3v) is 3.53. The maximum atomic E-state index is 11.8. The van der Waals surface area contributed by atoms with Crippen molar-refractivity contribution in [3.8, 4) is 0 Å². The van der Waals surface area contributed by atoms with E-state index in [0.29, 0.717) is 0 Å². The van der Waals surface area contributed by atoms with E-state index in [1.165, 1.54) is 12.8 Å². The fourth-order valence-corrected chi connectivity index (χ4v) is 2.15. The van der Waals surface area contributed by atoms with Gasteiger partial charge in [-0.3, -0.25) is 4.79 Å².